The van der Waals surface area contributed by atoms with Crippen LogP contribution in [0.15, 0.2) is 18.2 Å². The predicted octanol–water partition coefficient (Wildman–Crippen LogP) is 2.60. The molecule has 3 rings (SSSR count). The highest BCUT2D eigenvalue weighted by atomic mass is 16.5. The van der Waals surface area contributed by atoms with Gasteiger partial charge in [0.05, 0.1) is 5.69 Å². The molecule has 1 fully saturated rings. The van der Waals surface area contributed by atoms with Gasteiger partial charge < -0.3 is 19.6 Å². The van der Waals surface area contributed by atoms with Crippen LogP contribution in [-0.4, -0.2) is 48.5 Å². The number of ether oxygens (including phenoxy) is 1. The predicted molar refractivity (Wildman–Crippen MR) is 84.8 cm³/mol. The second-order valence-electron chi connectivity index (χ2n) is 5.97. The Kier molecular flexibility index (Phi) is 4.36. The van der Waals surface area contributed by atoms with E-state index in [0.29, 0.717) is 18.4 Å². The minimum absolute atomic E-state index is 0.0801. The third kappa shape index (κ3) is 2.74. The highest BCUT2D eigenvalue weighted by Crippen LogP contribution is 2.42. The minimum Gasteiger partial charge on any atom is -0.506 e. The molecule has 0 spiro atoms. The molecule has 4 nitrogen and oxygen atoms in total. The number of anilines is 1. The van der Waals surface area contributed by atoms with Crippen LogP contribution >= 0.6 is 0 Å². The largest absolute Gasteiger partial charge is 0.506 e. The molecule has 1 aromatic carbocycles. The van der Waals surface area contributed by atoms with Crippen LogP contribution in [0.4, 0.5) is 5.69 Å². The number of hydrogen-bond acceptors (Lipinski definition) is 4. The smallest absolute Gasteiger partial charge is 0.139 e. The summed E-state index contributed by atoms with van der Waals surface area (Å²) in [5.74, 6) is 0.396. The van der Waals surface area contributed by atoms with Crippen LogP contribution in [0.2, 0.25) is 0 Å². The lowest BCUT2D eigenvalue weighted by Crippen LogP contribution is -2.48. The highest BCUT2D eigenvalue weighted by Gasteiger charge is 2.37. The maximum absolute atomic E-state index is 10.3. The molecule has 0 radical (unpaired) electrons. The molecule has 4 heteroatoms. The number of piperidine rings is 1. The maximum Gasteiger partial charge on any atom is 0.139 e. The van der Waals surface area contributed by atoms with Crippen molar-refractivity contribution in [3.8, 4) is 5.75 Å². The van der Waals surface area contributed by atoms with Crippen LogP contribution in [0.3, 0.4) is 0 Å². The molecule has 0 amide bonds. The van der Waals surface area contributed by atoms with Crippen LogP contribution in [0.5, 0.6) is 5.75 Å². The van der Waals surface area contributed by atoms with Crippen LogP contribution in [-0.2, 0) is 11.2 Å². The van der Waals surface area contributed by atoms with Gasteiger partial charge >= 0.3 is 0 Å². The van der Waals surface area contributed by atoms with Crippen LogP contribution < -0.4 is 4.90 Å². The summed E-state index contributed by atoms with van der Waals surface area (Å²) in [5, 5.41) is 10.3. The van der Waals surface area contributed by atoms with Gasteiger partial charge in [0.1, 0.15) is 12.0 Å². The topological polar surface area (TPSA) is 35.9 Å². The Morgan fingerprint density at radius 2 is 2.00 bits per heavy atom. The first kappa shape index (κ1) is 14.7. The average Bonchev–Trinajstić information content (AvgIpc) is 2.87. The zero-order valence-corrected chi connectivity index (χ0v) is 13.1. The van der Waals surface area contributed by atoms with E-state index < -0.39 is 0 Å². The van der Waals surface area contributed by atoms with E-state index >= 15 is 0 Å². The van der Waals surface area contributed by atoms with Crippen molar-refractivity contribution in [2.24, 2.45) is 0 Å². The molecule has 2 aliphatic heterocycles. The molecule has 1 aromatic rings. The summed E-state index contributed by atoms with van der Waals surface area (Å²) in [6.45, 7) is 8.38. The van der Waals surface area contributed by atoms with E-state index in [2.05, 4.69) is 22.8 Å². The van der Waals surface area contributed by atoms with Gasteiger partial charge in [-0.2, -0.15) is 0 Å². The van der Waals surface area contributed by atoms with Gasteiger partial charge in [0, 0.05) is 32.2 Å². The van der Waals surface area contributed by atoms with Crippen molar-refractivity contribution in [1.82, 2.24) is 4.90 Å². The van der Waals surface area contributed by atoms with Crippen LogP contribution in [0, 0.1) is 0 Å². The van der Waals surface area contributed by atoms with Crippen molar-refractivity contribution in [3.63, 3.8) is 0 Å². The summed E-state index contributed by atoms with van der Waals surface area (Å²) in [7, 11) is 0. The van der Waals surface area contributed by atoms with E-state index in [1.54, 1.807) is 6.07 Å². The number of benzene rings is 1. The number of fused-ring (bicyclic) bond motifs is 1. The van der Waals surface area contributed by atoms with Crippen molar-refractivity contribution in [1.29, 1.82) is 0 Å². The van der Waals surface area contributed by atoms with Gasteiger partial charge in [0.15, 0.2) is 0 Å². The number of phenolic OH excluding ortho intramolecular Hbond substituents is 1. The molecule has 0 aliphatic carbocycles. The molecule has 1 saturated heterocycles. The lowest BCUT2D eigenvalue weighted by molar-refractivity contribution is 0.0546. The summed E-state index contributed by atoms with van der Waals surface area (Å²) in [6.07, 6.45) is 3.25. The molecule has 0 saturated carbocycles. The summed E-state index contributed by atoms with van der Waals surface area (Å²) < 4.78 is 5.96. The normalized spacial score (nSPS) is 23.5. The molecule has 1 N–H and O–H groups in total. The Labute approximate surface area is 127 Å². The number of aromatic hydroxyl groups is 1. The first-order chi connectivity index (χ1) is 10.2. The van der Waals surface area contributed by atoms with E-state index in [4.69, 9.17) is 4.74 Å². The van der Waals surface area contributed by atoms with Crippen LogP contribution in [0.25, 0.3) is 0 Å². The van der Waals surface area contributed by atoms with Gasteiger partial charge in [-0.05, 0) is 37.9 Å². The van der Waals surface area contributed by atoms with Crippen LogP contribution in [0.1, 0.15) is 32.3 Å². The summed E-state index contributed by atoms with van der Waals surface area (Å²) in [4.78, 5) is 4.84. The standard InChI is InChI=1S/C17H26N2O2/c1-3-18-10-8-14(9-11-18)19-16(21-4-2)12-13-6-5-7-15(20)17(13)19/h5-7,14,16,20H,3-4,8-12H2,1-2H3. The van der Waals surface area contributed by atoms with E-state index in [0.717, 1.165) is 44.6 Å². The van der Waals surface area contributed by atoms with Crippen molar-refractivity contribution < 1.29 is 9.84 Å². The summed E-state index contributed by atoms with van der Waals surface area (Å²) in [5.41, 5.74) is 2.22. The molecule has 1 unspecified atom stereocenters. The SMILES string of the molecule is CCOC1Cc2cccc(O)c2N1C1CCN(CC)CC1. The number of nitrogens with zero attached hydrogens (tertiary/aromatic N) is 2. The second-order valence-corrected chi connectivity index (χ2v) is 5.97. The second kappa shape index (κ2) is 6.24. The van der Waals surface area contributed by atoms with Gasteiger partial charge in [-0.15, -0.1) is 0 Å². The monoisotopic (exact) mass is 290 g/mol. The molecule has 21 heavy (non-hydrogen) atoms. The number of likely N-dealkylation sites (tertiary alicyclic amines) is 1. The molecule has 2 heterocycles. The van der Waals surface area contributed by atoms with Crippen molar-refractivity contribution in [2.75, 3.05) is 31.1 Å². The van der Waals surface area contributed by atoms with Gasteiger partial charge in [-0.25, -0.2) is 0 Å². The Bertz CT molecular complexity index is 484. The first-order valence-corrected chi connectivity index (χ1v) is 8.17. The number of para-hydroxylation sites is 1. The average molecular weight is 290 g/mol. The van der Waals surface area contributed by atoms with Gasteiger partial charge in [0.25, 0.3) is 0 Å². The maximum atomic E-state index is 10.3. The third-order valence-corrected chi connectivity index (χ3v) is 4.82. The molecular formula is C17H26N2O2. The fourth-order valence-corrected chi connectivity index (χ4v) is 3.73. The Morgan fingerprint density at radius 3 is 2.67 bits per heavy atom. The Morgan fingerprint density at radius 1 is 1.24 bits per heavy atom. The number of rotatable bonds is 4. The van der Waals surface area contributed by atoms with E-state index in [1.165, 1.54) is 5.56 Å². The minimum atomic E-state index is 0.0801. The van der Waals surface area contributed by atoms with Gasteiger partial charge in [0.2, 0.25) is 0 Å². The zero-order valence-electron chi connectivity index (χ0n) is 13.1. The van der Waals surface area contributed by atoms with E-state index in [9.17, 15) is 5.11 Å². The molecule has 0 bridgehead atoms. The van der Waals surface area contributed by atoms with Gasteiger partial charge in [-0.1, -0.05) is 19.1 Å². The van der Waals surface area contributed by atoms with Crippen molar-refractivity contribution in [3.05, 3.63) is 23.8 Å². The molecule has 116 valence electrons. The molecule has 1 atom stereocenters. The van der Waals surface area contributed by atoms with Gasteiger partial charge in [-0.3, -0.25) is 0 Å². The lowest BCUT2D eigenvalue weighted by atomic mass is 10.0. The van der Waals surface area contributed by atoms with Crippen molar-refractivity contribution >= 4 is 5.69 Å². The van der Waals surface area contributed by atoms with E-state index in [-0.39, 0.29) is 6.23 Å². The highest BCUT2D eigenvalue weighted by molar-refractivity contribution is 5.67. The third-order valence-electron chi connectivity index (χ3n) is 4.82. The molecule has 0 aromatic heterocycles. The summed E-state index contributed by atoms with van der Waals surface area (Å²) in [6, 6.07) is 6.31. The molecule has 2 aliphatic rings. The fourth-order valence-electron chi connectivity index (χ4n) is 3.73. The fraction of sp³-hybridized carbons (Fsp3) is 0.647. The van der Waals surface area contributed by atoms with E-state index in [1.807, 2.05) is 13.0 Å². The lowest BCUT2D eigenvalue weighted by Gasteiger charge is -2.40. The Balaban J connectivity index is 1.84. The molecular weight excluding hydrogens is 264 g/mol. The number of phenols is 1. The quantitative estimate of drug-likeness (QED) is 0.924. The van der Waals surface area contributed by atoms with Crippen molar-refractivity contribution in [2.45, 2.75) is 45.4 Å². The zero-order chi connectivity index (χ0) is 14.8. The Hall–Kier alpha value is -1.26. The summed E-state index contributed by atoms with van der Waals surface area (Å²) >= 11 is 0. The first-order valence-electron chi connectivity index (χ1n) is 8.17. The number of hydrogen-bond donors (Lipinski definition) is 1.